The summed E-state index contributed by atoms with van der Waals surface area (Å²) in [6.45, 7) is 7.76. The van der Waals surface area contributed by atoms with Crippen LogP contribution in [0.15, 0.2) is 51.5 Å². The first-order valence-corrected chi connectivity index (χ1v) is 9.82. The average Bonchev–Trinajstić information content (AvgIpc) is 2.92. The normalized spacial score (nSPS) is 15.4. The van der Waals surface area contributed by atoms with Crippen LogP contribution in [0.4, 0.5) is 5.69 Å². The van der Waals surface area contributed by atoms with Crippen LogP contribution in [0.3, 0.4) is 0 Å². The highest BCUT2D eigenvalue weighted by atomic mass is 79.9. The number of benzene rings is 2. The van der Waals surface area contributed by atoms with E-state index in [1.807, 2.05) is 70.2 Å². The number of hydrogen-bond donors (Lipinski definition) is 0. The molecule has 0 unspecified atom stereocenters. The van der Waals surface area contributed by atoms with Gasteiger partial charge in [-0.25, -0.2) is 0 Å². The first kappa shape index (κ1) is 20.1. The number of anilines is 1. The van der Waals surface area contributed by atoms with E-state index in [4.69, 9.17) is 9.47 Å². The molecule has 0 bridgehead atoms. The van der Waals surface area contributed by atoms with Gasteiger partial charge in [0, 0.05) is 4.47 Å². The third kappa shape index (κ3) is 4.12. The van der Waals surface area contributed by atoms with Crippen molar-refractivity contribution in [2.24, 2.45) is 5.10 Å². The fourth-order valence-corrected chi connectivity index (χ4v) is 3.30. The second kappa shape index (κ2) is 8.19. The number of amides is 1. The smallest absolute Gasteiger partial charge is 0.280 e. The Morgan fingerprint density at radius 1 is 1.11 bits per heavy atom. The molecule has 1 heterocycles. The molecule has 5 nitrogen and oxygen atoms in total. The van der Waals surface area contributed by atoms with Crippen molar-refractivity contribution in [1.82, 2.24) is 0 Å². The molecule has 2 aromatic rings. The van der Waals surface area contributed by atoms with Gasteiger partial charge in [0.1, 0.15) is 0 Å². The molecule has 0 aromatic heterocycles. The van der Waals surface area contributed by atoms with Gasteiger partial charge in [-0.1, -0.05) is 33.6 Å². The number of aryl methyl sites for hydroxylation is 1. The van der Waals surface area contributed by atoms with E-state index < -0.39 is 0 Å². The molecule has 1 aliphatic rings. The molecule has 1 amide bonds. The molecule has 0 saturated carbocycles. The Kier molecular flexibility index (Phi) is 5.89. The molecule has 28 heavy (non-hydrogen) atoms. The molecule has 1 aliphatic heterocycles. The van der Waals surface area contributed by atoms with Crippen LogP contribution in [0.1, 0.15) is 31.9 Å². The molecule has 0 spiro atoms. The van der Waals surface area contributed by atoms with E-state index >= 15 is 0 Å². The monoisotopic (exact) mass is 442 g/mol. The van der Waals surface area contributed by atoms with Gasteiger partial charge in [-0.3, -0.25) is 4.79 Å². The standard InChI is InChI=1S/C22H23BrN2O3/c1-13(2)28-21-12-19(23)16(11-20(21)27-5)10-18-15(4)24-25(22(18)26)17-8-6-14(3)7-9-17/h6-13H,1-5H3/b18-10-. The highest BCUT2D eigenvalue weighted by molar-refractivity contribution is 9.10. The van der Waals surface area contributed by atoms with Crippen LogP contribution < -0.4 is 14.5 Å². The lowest BCUT2D eigenvalue weighted by molar-refractivity contribution is -0.114. The van der Waals surface area contributed by atoms with Crippen molar-refractivity contribution in [2.45, 2.75) is 33.8 Å². The molecule has 6 heteroatoms. The van der Waals surface area contributed by atoms with Crippen LogP contribution in [0.5, 0.6) is 11.5 Å². The first-order chi connectivity index (χ1) is 13.3. The molecule has 0 N–H and O–H groups in total. The molecule has 0 aliphatic carbocycles. The number of carbonyl (C=O) groups excluding carboxylic acids is 1. The van der Waals surface area contributed by atoms with Gasteiger partial charge in [0.15, 0.2) is 11.5 Å². The molecule has 146 valence electrons. The van der Waals surface area contributed by atoms with Crippen molar-refractivity contribution in [3.05, 3.63) is 57.6 Å². The van der Waals surface area contributed by atoms with Crippen LogP contribution in [-0.4, -0.2) is 24.8 Å². The fraction of sp³-hybridized carbons (Fsp3) is 0.273. The van der Waals surface area contributed by atoms with E-state index in [0.29, 0.717) is 22.8 Å². The lowest BCUT2D eigenvalue weighted by Crippen LogP contribution is -2.21. The minimum atomic E-state index is -0.158. The van der Waals surface area contributed by atoms with Gasteiger partial charge in [-0.2, -0.15) is 10.1 Å². The van der Waals surface area contributed by atoms with Gasteiger partial charge in [0.25, 0.3) is 5.91 Å². The number of halogens is 1. The van der Waals surface area contributed by atoms with E-state index in [2.05, 4.69) is 21.0 Å². The van der Waals surface area contributed by atoms with Crippen molar-refractivity contribution in [2.75, 3.05) is 12.1 Å². The minimum absolute atomic E-state index is 0.0267. The Morgan fingerprint density at radius 3 is 2.39 bits per heavy atom. The summed E-state index contributed by atoms with van der Waals surface area (Å²) in [5.41, 5.74) is 3.90. The van der Waals surface area contributed by atoms with Crippen LogP contribution in [-0.2, 0) is 4.79 Å². The first-order valence-electron chi connectivity index (χ1n) is 9.02. The summed E-state index contributed by atoms with van der Waals surface area (Å²) < 4.78 is 12.1. The van der Waals surface area contributed by atoms with Crippen molar-refractivity contribution in [3.63, 3.8) is 0 Å². The van der Waals surface area contributed by atoms with Crippen LogP contribution in [0, 0.1) is 6.92 Å². The van der Waals surface area contributed by atoms with Gasteiger partial charge in [0.2, 0.25) is 0 Å². The van der Waals surface area contributed by atoms with Gasteiger partial charge >= 0.3 is 0 Å². The zero-order valence-corrected chi connectivity index (χ0v) is 18.2. The van der Waals surface area contributed by atoms with E-state index in [1.54, 1.807) is 7.11 Å². The van der Waals surface area contributed by atoms with Crippen molar-refractivity contribution < 1.29 is 14.3 Å². The summed E-state index contributed by atoms with van der Waals surface area (Å²) in [6, 6.07) is 11.4. The molecule has 2 aromatic carbocycles. The average molecular weight is 443 g/mol. The second-order valence-electron chi connectivity index (χ2n) is 6.89. The predicted octanol–water partition coefficient (Wildman–Crippen LogP) is 5.36. The lowest BCUT2D eigenvalue weighted by Gasteiger charge is -2.15. The van der Waals surface area contributed by atoms with Crippen LogP contribution in [0.2, 0.25) is 0 Å². The van der Waals surface area contributed by atoms with Crippen LogP contribution >= 0.6 is 15.9 Å². The zero-order valence-electron chi connectivity index (χ0n) is 16.6. The van der Waals surface area contributed by atoms with E-state index in [9.17, 15) is 4.79 Å². The summed E-state index contributed by atoms with van der Waals surface area (Å²) in [5.74, 6) is 1.10. The molecule has 0 atom stereocenters. The number of methoxy groups -OCH3 is 1. The Hall–Kier alpha value is -2.60. The fourth-order valence-electron chi connectivity index (χ4n) is 2.87. The Balaban J connectivity index is 1.96. The third-order valence-corrected chi connectivity index (χ3v) is 4.97. The van der Waals surface area contributed by atoms with Crippen LogP contribution in [0.25, 0.3) is 6.08 Å². The molecule has 3 rings (SSSR count). The van der Waals surface area contributed by atoms with Gasteiger partial charge in [-0.05, 0) is 63.6 Å². The Morgan fingerprint density at radius 2 is 1.79 bits per heavy atom. The molecule has 0 radical (unpaired) electrons. The van der Waals surface area contributed by atoms with Crippen molar-refractivity contribution in [3.8, 4) is 11.5 Å². The number of hydrazone groups is 1. The molecular weight excluding hydrogens is 420 g/mol. The summed E-state index contributed by atoms with van der Waals surface area (Å²) in [7, 11) is 1.60. The zero-order chi connectivity index (χ0) is 20.4. The largest absolute Gasteiger partial charge is 0.493 e. The summed E-state index contributed by atoms with van der Waals surface area (Å²) in [5, 5.41) is 5.87. The quantitative estimate of drug-likeness (QED) is 0.585. The van der Waals surface area contributed by atoms with E-state index in [1.165, 1.54) is 5.01 Å². The number of hydrogen-bond acceptors (Lipinski definition) is 4. The lowest BCUT2D eigenvalue weighted by atomic mass is 10.1. The third-order valence-electron chi connectivity index (χ3n) is 4.29. The van der Waals surface area contributed by atoms with Gasteiger partial charge in [-0.15, -0.1) is 0 Å². The molecule has 0 saturated heterocycles. The van der Waals surface area contributed by atoms with Crippen molar-refractivity contribution in [1.29, 1.82) is 0 Å². The SMILES string of the molecule is COc1cc(/C=C2\C(=O)N(c3ccc(C)cc3)N=C2C)c(Br)cc1OC(C)C. The maximum Gasteiger partial charge on any atom is 0.280 e. The number of rotatable bonds is 5. The minimum Gasteiger partial charge on any atom is -0.493 e. The van der Waals surface area contributed by atoms with E-state index in [-0.39, 0.29) is 12.0 Å². The summed E-state index contributed by atoms with van der Waals surface area (Å²) >= 11 is 3.57. The second-order valence-corrected chi connectivity index (χ2v) is 7.74. The number of nitrogens with zero attached hydrogens (tertiary/aromatic N) is 2. The van der Waals surface area contributed by atoms with Gasteiger partial charge in [0.05, 0.1) is 30.2 Å². The topological polar surface area (TPSA) is 51.1 Å². The van der Waals surface area contributed by atoms with E-state index in [0.717, 1.165) is 21.3 Å². The molecular formula is C22H23BrN2O3. The number of carbonyl (C=O) groups is 1. The summed E-state index contributed by atoms with van der Waals surface area (Å²) in [4.78, 5) is 13.0. The Labute approximate surface area is 173 Å². The Bertz CT molecular complexity index is 962. The van der Waals surface area contributed by atoms with Gasteiger partial charge < -0.3 is 9.47 Å². The maximum absolute atomic E-state index is 13.0. The predicted molar refractivity (Wildman–Crippen MR) is 116 cm³/mol. The van der Waals surface area contributed by atoms with Crippen molar-refractivity contribution >= 4 is 39.3 Å². The summed E-state index contributed by atoms with van der Waals surface area (Å²) in [6.07, 6.45) is 1.85. The number of ether oxygens (including phenoxy) is 2. The maximum atomic E-state index is 13.0. The molecule has 0 fully saturated rings. The highest BCUT2D eigenvalue weighted by Gasteiger charge is 2.29. The highest BCUT2D eigenvalue weighted by Crippen LogP contribution is 2.36.